The number of hydrogen-bond acceptors (Lipinski definition) is 2. The van der Waals surface area contributed by atoms with Gasteiger partial charge in [-0.05, 0) is 18.1 Å². The van der Waals surface area contributed by atoms with Gasteiger partial charge in [0.2, 0.25) is 0 Å². The van der Waals surface area contributed by atoms with Gasteiger partial charge in [-0.1, -0.05) is 12.2 Å². The summed E-state index contributed by atoms with van der Waals surface area (Å²) in [5, 5.41) is 10.4. The summed E-state index contributed by atoms with van der Waals surface area (Å²) in [7, 11) is 0. The maximum absolute atomic E-state index is 12.9. The molecule has 3 nitrogen and oxygen atoms in total. The molecule has 5 heteroatoms. The Hall–Kier alpha value is -1.42. The van der Waals surface area contributed by atoms with Crippen LogP contribution in [0.1, 0.15) is 12.0 Å². The second kappa shape index (κ2) is 5.46. The molecule has 1 aromatic rings. The second-order valence-electron chi connectivity index (χ2n) is 2.88. The highest BCUT2D eigenvalue weighted by Crippen LogP contribution is 2.17. The van der Waals surface area contributed by atoms with Crippen LogP contribution in [0.25, 0.3) is 6.08 Å². The number of benzene rings is 1. The molecule has 0 aromatic heterocycles. The minimum absolute atomic E-state index is 0.250. The maximum atomic E-state index is 12.9. The molecule has 0 saturated carbocycles. The van der Waals surface area contributed by atoms with E-state index in [-0.39, 0.29) is 5.69 Å². The first-order valence-corrected chi connectivity index (χ1v) is 4.84. The molecule has 1 rings (SSSR count). The first kappa shape index (κ1) is 11.7. The number of alkyl halides is 1. The van der Waals surface area contributed by atoms with Gasteiger partial charge < -0.3 is 0 Å². The van der Waals surface area contributed by atoms with Gasteiger partial charge in [-0.3, -0.25) is 10.1 Å². The van der Waals surface area contributed by atoms with Gasteiger partial charge in [-0.2, -0.15) is 0 Å². The van der Waals surface area contributed by atoms with E-state index in [2.05, 4.69) is 0 Å². The van der Waals surface area contributed by atoms with Crippen LogP contribution in [0, 0.1) is 15.9 Å². The monoisotopic (exact) mass is 229 g/mol. The van der Waals surface area contributed by atoms with Crippen LogP contribution >= 0.6 is 11.6 Å². The highest BCUT2D eigenvalue weighted by atomic mass is 35.5. The number of halogens is 2. The van der Waals surface area contributed by atoms with Crippen molar-refractivity contribution in [2.45, 2.75) is 6.42 Å². The fourth-order valence-electron chi connectivity index (χ4n) is 1.08. The van der Waals surface area contributed by atoms with Crippen molar-refractivity contribution in [1.29, 1.82) is 0 Å². The van der Waals surface area contributed by atoms with Gasteiger partial charge in [0.05, 0.1) is 11.0 Å². The van der Waals surface area contributed by atoms with Crippen LogP contribution in [0.15, 0.2) is 24.3 Å². The number of nitrogens with zero attached hydrogens (tertiary/aromatic N) is 1. The summed E-state index contributed by atoms with van der Waals surface area (Å²) in [4.78, 5) is 9.81. The van der Waals surface area contributed by atoms with E-state index in [1.165, 1.54) is 12.1 Å². The molecule has 0 fully saturated rings. The van der Waals surface area contributed by atoms with Crippen molar-refractivity contribution in [3.63, 3.8) is 0 Å². The smallest absolute Gasteiger partial charge is 0.258 e. The minimum atomic E-state index is -0.623. The molecule has 0 heterocycles. The summed E-state index contributed by atoms with van der Waals surface area (Å²) < 4.78 is 12.9. The van der Waals surface area contributed by atoms with E-state index >= 15 is 0 Å². The lowest BCUT2D eigenvalue weighted by Crippen LogP contribution is -1.90. The Kier molecular flexibility index (Phi) is 4.24. The number of allylic oxidation sites excluding steroid dienone is 1. The van der Waals surface area contributed by atoms with Crippen molar-refractivity contribution < 1.29 is 9.31 Å². The number of non-ortho nitro benzene ring substituents is 1. The summed E-state index contributed by atoms with van der Waals surface area (Å²) in [5.41, 5.74) is 0.215. The van der Waals surface area contributed by atoms with Crippen LogP contribution in [0.2, 0.25) is 0 Å². The largest absolute Gasteiger partial charge is 0.272 e. The number of rotatable bonds is 4. The van der Waals surface area contributed by atoms with Crippen LogP contribution < -0.4 is 0 Å². The average molecular weight is 230 g/mol. The van der Waals surface area contributed by atoms with E-state index in [0.29, 0.717) is 17.9 Å². The predicted octanol–water partition coefficient (Wildman–Crippen LogP) is 3.38. The van der Waals surface area contributed by atoms with Crippen molar-refractivity contribution in [2.24, 2.45) is 0 Å². The lowest BCUT2D eigenvalue weighted by Gasteiger charge is -1.95. The standard InChI is InChI=1S/C10H9ClFNO2/c11-4-2-1-3-8-5-9(12)7-10(6-8)13(14)15/h1,3,5-7H,2,4H2. The van der Waals surface area contributed by atoms with Gasteiger partial charge in [0.15, 0.2) is 0 Å². The van der Waals surface area contributed by atoms with Gasteiger partial charge in [0, 0.05) is 11.9 Å². The Labute approximate surface area is 91.3 Å². The van der Waals surface area contributed by atoms with Crippen LogP contribution in [-0.2, 0) is 0 Å². The first-order valence-electron chi connectivity index (χ1n) is 4.31. The predicted molar refractivity (Wildman–Crippen MR) is 57.4 cm³/mol. The number of nitro benzene ring substituents is 1. The second-order valence-corrected chi connectivity index (χ2v) is 3.26. The summed E-state index contributed by atoms with van der Waals surface area (Å²) >= 11 is 5.45. The molecule has 0 bridgehead atoms. The molecule has 80 valence electrons. The molecule has 0 spiro atoms. The quantitative estimate of drug-likeness (QED) is 0.451. The average Bonchev–Trinajstić information content (AvgIpc) is 2.17. The highest BCUT2D eigenvalue weighted by molar-refractivity contribution is 6.17. The van der Waals surface area contributed by atoms with Crippen molar-refractivity contribution in [3.05, 3.63) is 45.8 Å². The van der Waals surface area contributed by atoms with Crippen LogP contribution in [0.5, 0.6) is 0 Å². The third-order valence-electron chi connectivity index (χ3n) is 1.70. The summed E-state index contributed by atoms with van der Waals surface area (Å²) in [6.07, 6.45) is 4.00. The maximum Gasteiger partial charge on any atom is 0.272 e. The lowest BCUT2D eigenvalue weighted by molar-refractivity contribution is -0.385. The zero-order valence-corrected chi connectivity index (χ0v) is 8.58. The molecular formula is C10H9ClFNO2. The number of hydrogen-bond donors (Lipinski definition) is 0. The first-order chi connectivity index (χ1) is 7.13. The fraction of sp³-hybridized carbons (Fsp3) is 0.200. The molecule has 0 amide bonds. The summed E-state index contributed by atoms with van der Waals surface area (Å²) in [6.45, 7) is 0. The van der Waals surface area contributed by atoms with Gasteiger partial charge >= 0.3 is 0 Å². The van der Waals surface area contributed by atoms with E-state index in [1.807, 2.05) is 0 Å². The van der Waals surface area contributed by atoms with E-state index in [4.69, 9.17) is 11.6 Å². The molecule has 1 aromatic carbocycles. The third kappa shape index (κ3) is 3.67. The zero-order chi connectivity index (χ0) is 11.3. The molecule has 0 atom stereocenters. The number of nitro groups is 1. The van der Waals surface area contributed by atoms with Crippen LogP contribution in [-0.4, -0.2) is 10.8 Å². The minimum Gasteiger partial charge on any atom is -0.258 e. The molecule has 15 heavy (non-hydrogen) atoms. The molecule has 0 aliphatic heterocycles. The van der Waals surface area contributed by atoms with E-state index < -0.39 is 10.7 Å². The fourth-order valence-corrected chi connectivity index (χ4v) is 1.21. The topological polar surface area (TPSA) is 43.1 Å². The Morgan fingerprint density at radius 2 is 2.20 bits per heavy atom. The van der Waals surface area contributed by atoms with Crippen molar-refractivity contribution in [2.75, 3.05) is 5.88 Å². The van der Waals surface area contributed by atoms with Gasteiger partial charge in [0.1, 0.15) is 5.82 Å². The van der Waals surface area contributed by atoms with Crippen molar-refractivity contribution >= 4 is 23.4 Å². The SMILES string of the molecule is O=[N+]([O-])c1cc(F)cc(C=CCCCl)c1. The Morgan fingerprint density at radius 3 is 2.80 bits per heavy atom. The molecule has 0 aliphatic carbocycles. The third-order valence-corrected chi connectivity index (χ3v) is 1.92. The van der Waals surface area contributed by atoms with Gasteiger partial charge in [0.25, 0.3) is 5.69 Å². The summed E-state index contributed by atoms with van der Waals surface area (Å²) in [5.74, 6) is -0.150. The molecule has 0 radical (unpaired) electrons. The zero-order valence-electron chi connectivity index (χ0n) is 7.82. The molecule has 0 unspecified atom stereocenters. The van der Waals surface area contributed by atoms with Gasteiger partial charge in [-0.25, -0.2) is 4.39 Å². The van der Waals surface area contributed by atoms with E-state index in [0.717, 1.165) is 6.07 Å². The Morgan fingerprint density at radius 1 is 1.47 bits per heavy atom. The molecule has 0 aliphatic rings. The van der Waals surface area contributed by atoms with Crippen LogP contribution in [0.4, 0.5) is 10.1 Å². The van der Waals surface area contributed by atoms with E-state index in [1.54, 1.807) is 12.2 Å². The molecular weight excluding hydrogens is 221 g/mol. The van der Waals surface area contributed by atoms with E-state index in [9.17, 15) is 14.5 Å². The molecule has 0 N–H and O–H groups in total. The molecule has 0 saturated heterocycles. The highest BCUT2D eigenvalue weighted by Gasteiger charge is 2.07. The Balaban J connectivity index is 2.93. The Bertz CT molecular complexity index is 393. The van der Waals surface area contributed by atoms with Crippen molar-refractivity contribution in [3.8, 4) is 0 Å². The van der Waals surface area contributed by atoms with Crippen molar-refractivity contribution in [1.82, 2.24) is 0 Å². The lowest BCUT2D eigenvalue weighted by atomic mass is 10.1. The summed E-state index contributed by atoms with van der Waals surface area (Å²) in [6, 6.07) is 3.43. The van der Waals surface area contributed by atoms with Gasteiger partial charge in [-0.15, -0.1) is 11.6 Å². The van der Waals surface area contributed by atoms with Crippen LogP contribution in [0.3, 0.4) is 0 Å². The normalized spacial score (nSPS) is 10.8.